The fraction of sp³-hybridized carbons (Fsp3) is 0.650. The van der Waals surface area contributed by atoms with Gasteiger partial charge in [-0.1, -0.05) is 26.7 Å². The van der Waals surface area contributed by atoms with E-state index < -0.39 is 53.8 Å². The highest BCUT2D eigenvalue weighted by Gasteiger charge is 2.42. The molecular formula is C20H28F3N3O6. The normalized spacial score (nSPS) is 15.8. The van der Waals surface area contributed by atoms with Crippen molar-refractivity contribution in [1.29, 1.82) is 0 Å². The molecular weight excluding hydrogens is 435 g/mol. The van der Waals surface area contributed by atoms with Crippen LogP contribution in [0.2, 0.25) is 0 Å². The highest BCUT2D eigenvalue weighted by molar-refractivity contribution is 6.12. The molecule has 1 rings (SSSR count). The number of unbranched alkanes of at least 4 members (excludes halogenated alkanes) is 2. The third-order valence-corrected chi connectivity index (χ3v) is 4.72. The van der Waals surface area contributed by atoms with E-state index in [-0.39, 0.29) is 24.4 Å². The Labute approximate surface area is 183 Å². The molecule has 1 aliphatic heterocycles. The molecule has 0 radical (unpaired) electrons. The Morgan fingerprint density at radius 1 is 1.03 bits per heavy atom. The third kappa shape index (κ3) is 8.06. The average molecular weight is 463 g/mol. The van der Waals surface area contributed by atoms with Gasteiger partial charge in [0.1, 0.15) is 12.1 Å². The molecule has 1 N–H and O–H groups in total. The van der Waals surface area contributed by atoms with Crippen molar-refractivity contribution in [2.45, 2.75) is 71.6 Å². The standard InChI is InChI=1S/C20H28F3N3O6/c1-12(2)18(19(31)32-26(13(3)27)14(4)28)24-15(20(21,22)23)8-6-5-7-11-25-16(29)9-10-17(25)30/h9-10,12,15,18,24H,5-8,11H2,1-4H3. The van der Waals surface area contributed by atoms with Gasteiger partial charge in [-0.3, -0.25) is 29.4 Å². The number of halogens is 3. The van der Waals surface area contributed by atoms with E-state index in [0.29, 0.717) is 12.8 Å². The first-order chi connectivity index (χ1) is 14.8. The number of imide groups is 2. The maximum absolute atomic E-state index is 13.5. The number of nitrogens with zero attached hydrogens (tertiary/aromatic N) is 2. The lowest BCUT2D eigenvalue weighted by Gasteiger charge is -2.29. The van der Waals surface area contributed by atoms with Crippen LogP contribution in [0, 0.1) is 5.92 Å². The number of rotatable bonds is 10. The minimum atomic E-state index is -4.67. The zero-order chi connectivity index (χ0) is 24.6. The lowest BCUT2D eigenvalue weighted by Crippen LogP contribution is -2.54. The lowest BCUT2D eigenvalue weighted by atomic mass is 10.0. The zero-order valence-electron chi connectivity index (χ0n) is 18.4. The van der Waals surface area contributed by atoms with Crippen LogP contribution in [0.1, 0.15) is 53.4 Å². The summed E-state index contributed by atoms with van der Waals surface area (Å²) >= 11 is 0. The monoisotopic (exact) mass is 463 g/mol. The van der Waals surface area contributed by atoms with Gasteiger partial charge < -0.3 is 4.84 Å². The average Bonchev–Trinajstić information content (AvgIpc) is 2.97. The number of hydroxylamine groups is 2. The van der Waals surface area contributed by atoms with Gasteiger partial charge in [0, 0.05) is 32.5 Å². The van der Waals surface area contributed by atoms with Gasteiger partial charge in [0.2, 0.25) is 0 Å². The fourth-order valence-corrected chi connectivity index (χ4v) is 3.03. The topological polar surface area (TPSA) is 113 Å². The second kappa shape index (κ2) is 11.7. The van der Waals surface area contributed by atoms with Crippen molar-refractivity contribution in [3.8, 4) is 0 Å². The van der Waals surface area contributed by atoms with E-state index >= 15 is 0 Å². The van der Waals surface area contributed by atoms with E-state index in [1.165, 1.54) is 13.8 Å². The van der Waals surface area contributed by atoms with Crippen molar-refractivity contribution in [2.24, 2.45) is 5.92 Å². The van der Waals surface area contributed by atoms with Crippen LogP contribution in [0.25, 0.3) is 0 Å². The van der Waals surface area contributed by atoms with Crippen LogP contribution in [0.3, 0.4) is 0 Å². The quantitative estimate of drug-likeness (QED) is 0.299. The van der Waals surface area contributed by atoms with E-state index in [2.05, 4.69) is 5.32 Å². The minimum absolute atomic E-state index is 0.113. The Hall–Kier alpha value is -2.76. The molecule has 0 bridgehead atoms. The molecule has 0 saturated heterocycles. The summed E-state index contributed by atoms with van der Waals surface area (Å²) in [5, 5.41) is 2.44. The lowest BCUT2D eigenvalue weighted by molar-refractivity contribution is -0.204. The zero-order valence-corrected chi connectivity index (χ0v) is 18.4. The Morgan fingerprint density at radius 2 is 1.56 bits per heavy atom. The van der Waals surface area contributed by atoms with E-state index in [9.17, 15) is 37.1 Å². The number of hydrogen-bond acceptors (Lipinski definition) is 7. The van der Waals surface area contributed by atoms with Crippen molar-refractivity contribution in [1.82, 2.24) is 15.3 Å². The molecule has 0 aromatic heterocycles. The first-order valence-corrected chi connectivity index (χ1v) is 10.1. The molecule has 32 heavy (non-hydrogen) atoms. The second-order valence-corrected chi connectivity index (χ2v) is 7.74. The summed E-state index contributed by atoms with van der Waals surface area (Å²) in [5.41, 5.74) is 0. The largest absolute Gasteiger partial charge is 0.403 e. The molecule has 0 aromatic carbocycles. The van der Waals surface area contributed by atoms with Crippen LogP contribution in [0.15, 0.2) is 12.2 Å². The highest BCUT2D eigenvalue weighted by Crippen LogP contribution is 2.26. The number of carbonyl (C=O) groups excluding carboxylic acids is 5. The maximum Gasteiger partial charge on any atom is 0.403 e. The van der Waals surface area contributed by atoms with Crippen LogP contribution < -0.4 is 5.32 Å². The number of hydrogen-bond donors (Lipinski definition) is 1. The van der Waals surface area contributed by atoms with Crippen molar-refractivity contribution >= 4 is 29.6 Å². The fourth-order valence-electron chi connectivity index (χ4n) is 3.03. The smallest absolute Gasteiger partial charge is 0.329 e. The van der Waals surface area contributed by atoms with Crippen LogP contribution in [-0.2, 0) is 28.8 Å². The molecule has 2 unspecified atom stereocenters. The van der Waals surface area contributed by atoms with Gasteiger partial charge in [0.15, 0.2) is 0 Å². The molecule has 1 aliphatic rings. The molecule has 180 valence electrons. The predicted molar refractivity (Wildman–Crippen MR) is 105 cm³/mol. The number of amides is 4. The summed E-state index contributed by atoms with van der Waals surface area (Å²) in [6.45, 7) is 5.06. The van der Waals surface area contributed by atoms with Gasteiger partial charge in [-0.05, 0) is 18.8 Å². The summed E-state index contributed by atoms with van der Waals surface area (Å²) in [7, 11) is 0. The van der Waals surface area contributed by atoms with Crippen molar-refractivity contribution in [3.63, 3.8) is 0 Å². The van der Waals surface area contributed by atoms with Gasteiger partial charge in [-0.2, -0.15) is 13.2 Å². The van der Waals surface area contributed by atoms with Crippen molar-refractivity contribution < 1.29 is 42.0 Å². The summed E-state index contributed by atoms with van der Waals surface area (Å²) in [5.74, 6) is -4.48. The molecule has 0 saturated carbocycles. The molecule has 0 spiro atoms. The molecule has 12 heteroatoms. The molecule has 0 aromatic rings. The van der Waals surface area contributed by atoms with Gasteiger partial charge >= 0.3 is 12.1 Å². The Bertz CT molecular complexity index is 734. The van der Waals surface area contributed by atoms with Crippen LogP contribution in [0.4, 0.5) is 13.2 Å². The van der Waals surface area contributed by atoms with E-state index in [4.69, 9.17) is 4.84 Å². The maximum atomic E-state index is 13.5. The Morgan fingerprint density at radius 3 is 2.00 bits per heavy atom. The minimum Gasteiger partial charge on any atom is -0.329 e. The van der Waals surface area contributed by atoms with E-state index in [1.807, 2.05) is 0 Å². The third-order valence-electron chi connectivity index (χ3n) is 4.72. The first-order valence-electron chi connectivity index (χ1n) is 10.1. The van der Waals surface area contributed by atoms with E-state index in [0.717, 1.165) is 30.9 Å². The summed E-state index contributed by atoms with van der Waals surface area (Å²) in [6.07, 6.45) is -1.97. The van der Waals surface area contributed by atoms with Crippen LogP contribution >= 0.6 is 0 Å². The van der Waals surface area contributed by atoms with Crippen LogP contribution in [0.5, 0.6) is 0 Å². The molecule has 0 aliphatic carbocycles. The number of carbonyl (C=O) groups is 5. The summed E-state index contributed by atoms with van der Waals surface area (Å²) in [6, 6.07) is -3.46. The summed E-state index contributed by atoms with van der Waals surface area (Å²) in [4.78, 5) is 63.9. The Kier molecular flexibility index (Phi) is 10.0. The van der Waals surface area contributed by atoms with Gasteiger partial charge in [-0.25, -0.2) is 4.79 Å². The molecule has 0 fully saturated rings. The number of nitrogens with one attached hydrogen (secondary N) is 1. The highest BCUT2D eigenvalue weighted by atomic mass is 19.4. The Balaban J connectivity index is 2.69. The number of alkyl halides is 3. The van der Waals surface area contributed by atoms with Crippen molar-refractivity contribution in [3.05, 3.63) is 12.2 Å². The SMILES string of the molecule is CC(=O)N(OC(=O)C(NC(CCCCCN1C(=O)C=CC1=O)C(F)(F)F)C(C)C)C(C)=O. The predicted octanol–water partition coefficient (Wildman–Crippen LogP) is 1.87. The van der Waals surface area contributed by atoms with E-state index in [1.54, 1.807) is 0 Å². The van der Waals surface area contributed by atoms with Gasteiger partial charge in [-0.15, -0.1) is 5.06 Å². The van der Waals surface area contributed by atoms with Crippen LogP contribution in [-0.4, -0.2) is 64.4 Å². The molecule has 1 heterocycles. The van der Waals surface area contributed by atoms with Crippen molar-refractivity contribution in [2.75, 3.05) is 6.54 Å². The van der Waals surface area contributed by atoms with Gasteiger partial charge in [0.25, 0.3) is 23.6 Å². The second-order valence-electron chi connectivity index (χ2n) is 7.74. The summed E-state index contributed by atoms with van der Waals surface area (Å²) < 4.78 is 40.6. The molecule has 2 atom stereocenters. The molecule has 4 amide bonds. The first kappa shape index (κ1) is 27.3. The van der Waals surface area contributed by atoms with Gasteiger partial charge in [0.05, 0.1) is 0 Å². The molecule has 9 nitrogen and oxygen atoms in total.